The van der Waals surface area contributed by atoms with Gasteiger partial charge in [-0.3, -0.25) is 0 Å². The zero-order valence-corrected chi connectivity index (χ0v) is 15.3. The Kier molecular flexibility index (Phi) is 4.52. The van der Waals surface area contributed by atoms with Crippen LogP contribution in [0.2, 0.25) is 0 Å². The molecular formula is C26H22O. The van der Waals surface area contributed by atoms with E-state index < -0.39 is 5.41 Å². The molecule has 0 aliphatic heterocycles. The fraction of sp³-hybridized carbons (Fsp3) is 0.0769. The lowest BCUT2D eigenvalue weighted by atomic mass is 9.65. The highest BCUT2D eigenvalue weighted by atomic mass is 16.3. The van der Waals surface area contributed by atoms with Crippen LogP contribution in [0.5, 0.6) is 5.75 Å². The first-order chi connectivity index (χ1) is 13.2. The summed E-state index contributed by atoms with van der Waals surface area (Å²) >= 11 is 0. The quantitative estimate of drug-likeness (QED) is 0.442. The number of rotatable bonds is 4. The average molecular weight is 350 g/mol. The fourth-order valence-electron chi connectivity index (χ4n) is 3.89. The number of hydrogen-bond donors (Lipinski definition) is 1. The molecule has 1 N–H and O–H groups in total. The molecule has 0 aromatic heterocycles. The molecule has 4 aromatic carbocycles. The zero-order chi connectivity index (χ0) is 18.7. The van der Waals surface area contributed by atoms with Crippen LogP contribution < -0.4 is 0 Å². The lowest BCUT2D eigenvalue weighted by Gasteiger charge is -2.37. The van der Waals surface area contributed by atoms with E-state index >= 15 is 0 Å². The second kappa shape index (κ2) is 7.13. The Morgan fingerprint density at radius 2 is 0.852 bits per heavy atom. The Hall–Kier alpha value is -3.32. The Morgan fingerprint density at radius 3 is 1.30 bits per heavy atom. The van der Waals surface area contributed by atoms with Gasteiger partial charge in [0.25, 0.3) is 0 Å². The molecular weight excluding hydrogens is 328 g/mol. The molecule has 0 unspecified atom stereocenters. The van der Waals surface area contributed by atoms with E-state index in [1.807, 2.05) is 24.3 Å². The van der Waals surface area contributed by atoms with Gasteiger partial charge in [0.05, 0.1) is 5.41 Å². The third-order valence-electron chi connectivity index (χ3n) is 5.20. The van der Waals surface area contributed by atoms with Crippen LogP contribution in [-0.2, 0) is 5.41 Å². The SMILES string of the molecule is Cc1ccc(C(c2ccccc2)(c2ccccc2)c2ccc(O)cc2)cc1. The van der Waals surface area contributed by atoms with Crippen molar-refractivity contribution >= 4 is 0 Å². The van der Waals surface area contributed by atoms with Crippen molar-refractivity contribution in [2.75, 3.05) is 0 Å². The van der Waals surface area contributed by atoms with Gasteiger partial charge in [0.2, 0.25) is 0 Å². The van der Waals surface area contributed by atoms with Gasteiger partial charge in [-0.25, -0.2) is 0 Å². The van der Waals surface area contributed by atoms with E-state index in [0.717, 1.165) is 5.56 Å². The molecule has 0 spiro atoms. The van der Waals surface area contributed by atoms with Crippen LogP contribution in [0.15, 0.2) is 109 Å². The number of aryl methyl sites for hydroxylation is 1. The summed E-state index contributed by atoms with van der Waals surface area (Å²) < 4.78 is 0. The molecule has 0 bridgehead atoms. The summed E-state index contributed by atoms with van der Waals surface area (Å²) in [7, 11) is 0. The Bertz CT molecular complexity index is 914. The third-order valence-corrected chi connectivity index (χ3v) is 5.20. The van der Waals surface area contributed by atoms with Gasteiger partial charge >= 0.3 is 0 Å². The number of benzene rings is 4. The molecule has 27 heavy (non-hydrogen) atoms. The van der Waals surface area contributed by atoms with E-state index in [4.69, 9.17) is 0 Å². The Balaban J connectivity index is 2.11. The van der Waals surface area contributed by atoms with Crippen molar-refractivity contribution in [3.8, 4) is 5.75 Å². The molecule has 0 amide bonds. The van der Waals surface area contributed by atoms with Gasteiger partial charge in [-0.2, -0.15) is 0 Å². The summed E-state index contributed by atoms with van der Waals surface area (Å²) in [6, 6.07) is 37.5. The highest BCUT2D eigenvalue weighted by Gasteiger charge is 2.38. The molecule has 0 saturated heterocycles. The molecule has 132 valence electrons. The fourth-order valence-corrected chi connectivity index (χ4v) is 3.89. The first-order valence-corrected chi connectivity index (χ1v) is 9.19. The van der Waals surface area contributed by atoms with Crippen LogP contribution in [0, 0.1) is 6.92 Å². The van der Waals surface area contributed by atoms with E-state index in [0.29, 0.717) is 0 Å². The molecule has 0 fully saturated rings. The predicted octanol–water partition coefficient (Wildman–Crippen LogP) is 6.08. The van der Waals surface area contributed by atoms with Crippen molar-refractivity contribution in [3.63, 3.8) is 0 Å². The lowest BCUT2D eigenvalue weighted by Crippen LogP contribution is -2.30. The number of hydrogen-bond acceptors (Lipinski definition) is 1. The van der Waals surface area contributed by atoms with Gasteiger partial charge in [0.1, 0.15) is 5.75 Å². The third kappa shape index (κ3) is 3.02. The van der Waals surface area contributed by atoms with Crippen molar-refractivity contribution in [2.24, 2.45) is 0 Å². The van der Waals surface area contributed by atoms with Gasteiger partial charge in [-0.05, 0) is 41.3 Å². The molecule has 1 heteroatoms. The van der Waals surface area contributed by atoms with Crippen molar-refractivity contribution in [3.05, 3.63) is 137 Å². The van der Waals surface area contributed by atoms with E-state index in [9.17, 15) is 5.11 Å². The van der Waals surface area contributed by atoms with E-state index in [-0.39, 0.29) is 5.75 Å². The molecule has 4 aromatic rings. The summed E-state index contributed by atoms with van der Waals surface area (Å²) in [6.07, 6.45) is 0. The van der Waals surface area contributed by atoms with Crippen molar-refractivity contribution < 1.29 is 5.11 Å². The summed E-state index contributed by atoms with van der Waals surface area (Å²) in [4.78, 5) is 0. The maximum Gasteiger partial charge on any atom is 0.115 e. The predicted molar refractivity (Wildman–Crippen MR) is 111 cm³/mol. The maximum absolute atomic E-state index is 9.87. The zero-order valence-electron chi connectivity index (χ0n) is 15.3. The topological polar surface area (TPSA) is 20.2 Å². The molecule has 4 rings (SSSR count). The number of phenols is 1. The van der Waals surface area contributed by atoms with E-state index in [1.54, 1.807) is 12.1 Å². The van der Waals surface area contributed by atoms with Crippen LogP contribution in [0.25, 0.3) is 0 Å². The second-order valence-electron chi connectivity index (χ2n) is 6.89. The standard InChI is InChI=1S/C26H22O/c1-20-12-14-23(15-13-20)26(21-8-4-2-5-9-21,22-10-6-3-7-11-22)24-16-18-25(27)19-17-24/h2-19,27H,1H3. The van der Waals surface area contributed by atoms with Crippen molar-refractivity contribution in [2.45, 2.75) is 12.3 Å². The summed E-state index contributed by atoms with van der Waals surface area (Å²) in [5.41, 5.74) is 5.51. The van der Waals surface area contributed by atoms with E-state index in [1.165, 1.54) is 22.3 Å². The van der Waals surface area contributed by atoms with E-state index in [2.05, 4.69) is 79.7 Å². The first kappa shape index (κ1) is 17.1. The van der Waals surface area contributed by atoms with Crippen molar-refractivity contribution in [1.29, 1.82) is 0 Å². The molecule has 0 saturated carbocycles. The monoisotopic (exact) mass is 350 g/mol. The van der Waals surface area contributed by atoms with Crippen LogP contribution in [0.3, 0.4) is 0 Å². The summed E-state index contributed by atoms with van der Waals surface area (Å²) in [5.74, 6) is 0.276. The minimum absolute atomic E-state index is 0.276. The first-order valence-electron chi connectivity index (χ1n) is 9.19. The minimum Gasteiger partial charge on any atom is -0.508 e. The van der Waals surface area contributed by atoms with Crippen LogP contribution in [-0.4, -0.2) is 5.11 Å². The molecule has 0 heterocycles. The minimum atomic E-state index is -0.454. The van der Waals surface area contributed by atoms with Gasteiger partial charge in [-0.1, -0.05) is 103 Å². The van der Waals surface area contributed by atoms with Crippen LogP contribution >= 0.6 is 0 Å². The van der Waals surface area contributed by atoms with Crippen molar-refractivity contribution in [1.82, 2.24) is 0 Å². The van der Waals surface area contributed by atoms with Gasteiger partial charge in [-0.15, -0.1) is 0 Å². The van der Waals surface area contributed by atoms with Crippen LogP contribution in [0.1, 0.15) is 27.8 Å². The highest BCUT2D eigenvalue weighted by Crippen LogP contribution is 2.45. The Labute approximate surface area is 160 Å². The summed E-state index contributed by atoms with van der Waals surface area (Å²) in [5, 5.41) is 9.87. The van der Waals surface area contributed by atoms with Crippen LogP contribution in [0.4, 0.5) is 0 Å². The smallest absolute Gasteiger partial charge is 0.115 e. The average Bonchev–Trinajstić information content (AvgIpc) is 2.73. The van der Waals surface area contributed by atoms with Gasteiger partial charge in [0, 0.05) is 0 Å². The molecule has 0 aliphatic carbocycles. The Morgan fingerprint density at radius 1 is 0.481 bits per heavy atom. The molecule has 0 radical (unpaired) electrons. The largest absolute Gasteiger partial charge is 0.508 e. The van der Waals surface area contributed by atoms with Gasteiger partial charge in [0.15, 0.2) is 0 Å². The number of phenolic OH excluding ortho intramolecular Hbond substituents is 1. The second-order valence-corrected chi connectivity index (χ2v) is 6.89. The molecule has 1 nitrogen and oxygen atoms in total. The molecule has 0 atom stereocenters. The van der Waals surface area contributed by atoms with Gasteiger partial charge < -0.3 is 5.11 Å². The molecule has 0 aliphatic rings. The highest BCUT2D eigenvalue weighted by molar-refractivity contribution is 5.60. The lowest BCUT2D eigenvalue weighted by molar-refractivity contribution is 0.475. The normalized spacial score (nSPS) is 11.3. The number of aromatic hydroxyl groups is 1. The maximum atomic E-state index is 9.87. The summed E-state index contributed by atoms with van der Waals surface area (Å²) in [6.45, 7) is 2.11.